The summed E-state index contributed by atoms with van der Waals surface area (Å²) in [6.45, 7) is 0. The van der Waals surface area contributed by atoms with Crippen molar-refractivity contribution in [2.45, 2.75) is 0 Å². The van der Waals surface area contributed by atoms with E-state index in [-0.39, 0.29) is 17.1 Å². The van der Waals surface area contributed by atoms with E-state index in [0.29, 0.717) is 10.7 Å². The summed E-state index contributed by atoms with van der Waals surface area (Å²) in [6.07, 6.45) is 0. The monoisotopic (exact) mass is 387 g/mol. The maximum absolute atomic E-state index is 13.2. The van der Waals surface area contributed by atoms with E-state index >= 15 is 0 Å². The average Bonchev–Trinajstić information content (AvgIpc) is 2.65. The second-order valence-corrected chi connectivity index (χ2v) is 5.89. The number of nitrogens with zero attached hydrogens (tertiary/aromatic N) is 1. The number of aromatic nitrogens is 1. The van der Waals surface area contributed by atoms with Gasteiger partial charge in [0, 0.05) is 22.5 Å². The summed E-state index contributed by atoms with van der Waals surface area (Å²) in [4.78, 5) is 28.6. The predicted octanol–water partition coefficient (Wildman–Crippen LogP) is 4.52. The van der Waals surface area contributed by atoms with Crippen LogP contribution in [0.2, 0.25) is 5.02 Å². The average molecular weight is 388 g/mol. The Morgan fingerprint density at radius 3 is 1.96 bits per heavy atom. The lowest BCUT2D eigenvalue weighted by Gasteiger charge is -2.08. The van der Waals surface area contributed by atoms with Crippen LogP contribution in [-0.2, 0) is 0 Å². The maximum Gasteiger partial charge on any atom is 0.274 e. The van der Waals surface area contributed by atoms with Crippen LogP contribution in [0.1, 0.15) is 21.0 Å². The Labute approximate surface area is 158 Å². The molecule has 3 aromatic rings. The van der Waals surface area contributed by atoms with Crippen LogP contribution < -0.4 is 10.6 Å². The Morgan fingerprint density at radius 2 is 1.37 bits per heavy atom. The number of nitrogens with one attached hydrogen (secondary N) is 2. The van der Waals surface area contributed by atoms with E-state index in [1.807, 2.05) is 0 Å². The second-order valence-electron chi connectivity index (χ2n) is 5.46. The molecular weight excluding hydrogens is 376 g/mol. The number of rotatable bonds is 4. The number of hydrogen-bond acceptors (Lipinski definition) is 3. The van der Waals surface area contributed by atoms with Crippen LogP contribution in [0.25, 0.3) is 0 Å². The lowest BCUT2D eigenvalue weighted by atomic mass is 10.2. The molecular formula is C19H12ClF2N3O2. The smallest absolute Gasteiger partial charge is 0.274 e. The first-order chi connectivity index (χ1) is 12.9. The normalized spacial score (nSPS) is 10.3. The van der Waals surface area contributed by atoms with Gasteiger partial charge in [0.15, 0.2) is 11.6 Å². The van der Waals surface area contributed by atoms with Gasteiger partial charge in [-0.1, -0.05) is 23.7 Å². The summed E-state index contributed by atoms with van der Waals surface area (Å²) in [5, 5.41) is 5.47. The lowest BCUT2D eigenvalue weighted by molar-refractivity contribution is 0.101. The van der Waals surface area contributed by atoms with Crippen LogP contribution in [0.5, 0.6) is 0 Å². The van der Waals surface area contributed by atoms with Gasteiger partial charge in [-0.25, -0.2) is 13.8 Å². The van der Waals surface area contributed by atoms with Crippen LogP contribution >= 0.6 is 11.6 Å². The van der Waals surface area contributed by atoms with Crippen molar-refractivity contribution in [2.75, 3.05) is 10.6 Å². The van der Waals surface area contributed by atoms with Gasteiger partial charge in [0.1, 0.15) is 11.4 Å². The van der Waals surface area contributed by atoms with E-state index in [2.05, 4.69) is 15.6 Å². The molecule has 0 atom stereocenters. The number of halogens is 3. The molecule has 0 radical (unpaired) electrons. The van der Waals surface area contributed by atoms with Crippen molar-refractivity contribution in [1.82, 2.24) is 4.98 Å². The second kappa shape index (κ2) is 7.92. The van der Waals surface area contributed by atoms with Gasteiger partial charge in [-0.3, -0.25) is 9.59 Å². The third-order valence-corrected chi connectivity index (χ3v) is 3.71. The van der Waals surface area contributed by atoms with Gasteiger partial charge in [-0.05, 0) is 42.5 Å². The number of carbonyl (C=O) groups is 2. The fourth-order valence-corrected chi connectivity index (χ4v) is 2.41. The molecule has 0 fully saturated rings. The molecule has 3 rings (SSSR count). The zero-order valence-electron chi connectivity index (χ0n) is 13.7. The molecule has 0 aliphatic heterocycles. The maximum atomic E-state index is 13.2. The summed E-state index contributed by atoms with van der Waals surface area (Å²) in [6, 6.07) is 13.8. The van der Waals surface area contributed by atoms with Crippen molar-refractivity contribution in [3.8, 4) is 0 Å². The van der Waals surface area contributed by atoms with Gasteiger partial charge in [0.2, 0.25) is 0 Å². The highest BCUT2D eigenvalue weighted by Gasteiger charge is 2.14. The largest absolute Gasteiger partial charge is 0.321 e. The minimum atomic E-state index is -1.09. The molecule has 0 saturated heterocycles. The van der Waals surface area contributed by atoms with Crippen LogP contribution in [0.3, 0.4) is 0 Å². The molecule has 0 bridgehead atoms. The molecule has 8 heteroatoms. The van der Waals surface area contributed by atoms with E-state index in [1.165, 1.54) is 24.3 Å². The highest BCUT2D eigenvalue weighted by molar-refractivity contribution is 6.31. The highest BCUT2D eigenvalue weighted by atomic mass is 35.5. The third-order valence-electron chi connectivity index (χ3n) is 3.47. The molecule has 0 aliphatic rings. The van der Waals surface area contributed by atoms with Crippen molar-refractivity contribution in [3.63, 3.8) is 0 Å². The van der Waals surface area contributed by atoms with Crippen molar-refractivity contribution < 1.29 is 18.4 Å². The molecule has 27 heavy (non-hydrogen) atoms. The van der Waals surface area contributed by atoms with E-state index in [1.54, 1.807) is 24.3 Å². The topological polar surface area (TPSA) is 71.1 Å². The van der Waals surface area contributed by atoms with Gasteiger partial charge in [0.25, 0.3) is 11.8 Å². The molecule has 5 nitrogen and oxygen atoms in total. The van der Waals surface area contributed by atoms with Gasteiger partial charge in [-0.15, -0.1) is 0 Å². The quantitative estimate of drug-likeness (QED) is 0.691. The van der Waals surface area contributed by atoms with Crippen molar-refractivity contribution in [1.29, 1.82) is 0 Å². The highest BCUT2D eigenvalue weighted by Crippen LogP contribution is 2.16. The summed E-state index contributed by atoms with van der Waals surface area (Å²) < 4.78 is 26.2. The van der Waals surface area contributed by atoms with E-state index in [0.717, 1.165) is 12.1 Å². The number of pyridine rings is 1. The van der Waals surface area contributed by atoms with Crippen LogP contribution in [0.15, 0.2) is 60.7 Å². The van der Waals surface area contributed by atoms with Gasteiger partial charge in [0.05, 0.1) is 0 Å². The van der Waals surface area contributed by atoms with Gasteiger partial charge < -0.3 is 10.6 Å². The van der Waals surface area contributed by atoms with Crippen LogP contribution in [0, 0.1) is 11.6 Å². The SMILES string of the molecule is O=C(Nc1cccc(Cl)c1)c1cccc(C(=O)Nc2ccc(F)c(F)c2)n1. The van der Waals surface area contributed by atoms with E-state index in [9.17, 15) is 18.4 Å². The van der Waals surface area contributed by atoms with Crippen LogP contribution in [-0.4, -0.2) is 16.8 Å². The number of amides is 2. The van der Waals surface area contributed by atoms with Gasteiger partial charge >= 0.3 is 0 Å². The van der Waals surface area contributed by atoms with Gasteiger partial charge in [-0.2, -0.15) is 0 Å². The number of carbonyl (C=O) groups excluding carboxylic acids is 2. The Hall–Kier alpha value is -3.32. The summed E-state index contributed by atoms with van der Waals surface area (Å²) in [5.41, 5.74) is 0.492. The molecule has 0 saturated carbocycles. The fraction of sp³-hybridized carbons (Fsp3) is 0. The minimum absolute atomic E-state index is 0.00733. The first kappa shape index (κ1) is 18.5. The van der Waals surface area contributed by atoms with E-state index < -0.39 is 23.4 Å². The number of anilines is 2. The van der Waals surface area contributed by atoms with Crippen LogP contribution in [0.4, 0.5) is 20.2 Å². The number of benzene rings is 2. The Morgan fingerprint density at radius 1 is 0.778 bits per heavy atom. The predicted molar refractivity (Wildman–Crippen MR) is 98.0 cm³/mol. The van der Waals surface area contributed by atoms with Crippen molar-refractivity contribution >= 4 is 34.8 Å². The Kier molecular flexibility index (Phi) is 5.42. The number of hydrogen-bond donors (Lipinski definition) is 2. The van der Waals surface area contributed by atoms with E-state index in [4.69, 9.17) is 11.6 Å². The standard InChI is InChI=1S/C19H12ClF2N3O2/c20-11-3-1-4-12(9-11)23-18(26)16-5-2-6-17(25-16)19(27)24-13-7-8-14(21)15(22)10-13/h1-10H,(H,23,26)(H,24,27). The fourth-order valence-electron chi connectivity index (χ4n) is 2.22. The van der Waals surface area contributed by atoms with Crippen molar-refractivity contribution in [3.05, 3.63) is 88.7 Å². The summed E-state index contributed by atoms with van der Waals surface area (Å²) in [5.74, 6) is -3.31. The molecule has 0 unspecified atom stereocenters. The first-order valence-electron chi connectivity index (χ1n) is 7.73. The molecule has 0 spiro atoms. The summed E-state index contributed by atoms with van der Waals surface area (Å²) >= 11 is 5.87. The summed E-state index contributed by atoms with van der Waals surface area (Å²) in [7, 11) is 0. The van der Waals surface area contributed by atoms with Crippen molar-refractivity contribution in [2.24, 2.45) is 0 Å². The zero-order chi connectivity index (χ0) is 19.4. The Bertz CT molecular complexity index is 1030. The molecule has 1 heterocycles. The molecule has 2 N–H and O–H groups in total. The molecule has 136 valence electrons. The molecule has 1 aromatic heterocycles. The Balaban J connectivity index is 1.75. The minimum Gasteiger partial charge on any atom is -0.321 e. The zero-order valence-corrected chi connectivity index (χ0v) is 14.4. The molecule has 2 amide bonds. The first-order valence-corrected chi connectivity index (χ1v) is 8.10. The molecule has 2 aromatic carbocycles. The third kappa shape index (κ3) is 4.65. The lowest BCUT2D eigenvalue weighted by Crippen LogP contribution is -2.18. The molecule has 0 aliphatic carbocycles.